The molecule has 0 aliphatic heterocycles. The molecule has 0 aliphatic rings. The minimum Gasteiger partial charge on any atom is -0.478 e. The Labute approximate surface area is 71.9 Å². The van der Waals surface area contributed by atoms with E-state index in [4.69, 9.17) is 18.4 Å². The van der Waals surface area contributed by atoms with Crippen molar-refractivity contribution in [2.75, 3.05) is 21.3 Å². The summed E-state index contributed by atoms with van der Waals surface area (Å²) < 4.78 is 14.8. The van der Waals surface area contributed by atoms with Gasteiger partial charge in [0, 0.05) is 27.4 Å². The summed E-state index contributed by atoms with van der Waals surface area (Å²) in [4.78, 5) is 10.2. The van der Waals surface area contributed by atoms with E-state index in [9.17, 15) is 4.79 Å². The summed E-state index contributed by atoms with van der Waals surface area (Å²) in [5.74, 6) is -1.06. The highest BCUT2D eigenvalue weighted by Gasteiger charge is 2.34. The smallest absolute Gasteiger partial charge is 0.478 e. The molecule has 0 heterocycles. The molecule has 0 spiro atoms. The van der Waals surface area contributed by atoms with Crippen LogP contribution in [0.1, 0.15) is 0 Å². The third-order valence-corrected chi connectivity index (χ3v) is 3.57. The van der Waals surface area contributed by atoms with E-state index in [1.807, 2.05) is 0 Å². The highest BCUT2D eigenvalue weighted by Crippen LogP contribution is 2.06. The van der Waals surface area contributed by atoms with Gasteiger partial charge in [0.2, 0.25) is 0 Å². The first-order chi connectivity index (χ1) is 5.60. The molecule has 0 unspecified atom stereocenters. The summed E-state index contributed by atoms with van der Waals surface area (Å²) in [5, 5.41) is 8.33. The van der Waals surface area contributed by atoms with Crippen LogP contribution >= 0.6 is 0 Å². The van der Waals surface area contributed by atoms with Crippen LogP contribution in [0, 0.1) is 0 Å². The zero-order valence-electron chi connectivity index (χ0n) is 7.23. The number of aliphatic carboxylic acids is 1. The first-order valence-electron chi connectivity index (χ1n) is 3.18. The Bertz CT molecular complexity index is 167. The molecule has 0 radical (unpaired) electrons. The molecule has 0 saturated heterocycles. The fraction of sp³-hybridized carbons (Fsp3) is 0.500. The van der Waals surface area contributed by atoms with E-state index in [0.717, 1.165) is 6.08 Å². The van der Waals surface area contributed by atoms with E-state index in [2.05, 4.69) is 0 Å². The van der Waals surface area contributed by atoms with Gasteiger partial charge in [-0.25, -0.2) is 4.79 Å². The Balaban J connectivity index is 4.39. The van der Waals surface area contributed by atoms with Crippen molar-refractivity contribution < 1.29 is 23.2 Å². The van der Waals surface area contributed by atoms with Crippen molar-refractivity contribution in [2.24, 2.45) is 0 Å². The summed E-state index contributed by atoms with van der Waals surface area (Å²) in [5.41, 5.74) is 1.30. The molecule has 0 aromatic carbocycles. The van der Waals surface area contributed by atoms with Gasteiger partial charge in [0.1, 0.15) is 0 Å². The fourth-order valence-electron chi connectivity index (χ4n) is 0.627. The van der Waals surface area contributed by atoms with Crippen LogP contribution in [0.5, 0.6) is 0 Å². The molecular weight excluding hydrogens is 180 g/mol. The van der Waals surface area contributed by atoms with Gasteiger partial charge in [-0.05, 0) is 5.70 Å². The Morgan fingerprint density at radius 1 is 1.25 bits per heavy atom. The lowest BCUT2D eigenvalue weighted by molar-refractivity contribution is -0.131. The molecule has 0 rings (SSSR count). The number of hydrogen-bond donors (Lipinski definition) is 1. The van der Waals surface area contributed by atoms with Gasteiger partial charge in [0.05, 0.1) is 0 Å². The van der Waals surface area contributed by atoms with Gasteiger partial charge in [0.15, 0.2) is 0 Å². The van der Waals surface area contributed by atoms with Gasteiger partial charge in [-0.15, -0.1) is 0 Å². The van der Waals surface area contributed by atoms with E-state index in [0.29, 0.717) is 0 Å². The highest BCUT2D eigenvalue weighted by atomic mass is 28.4. The van der Waals surface area contributed by atoms with E-state index in [1.54, 1.807) is 0 Å². The van der Waals surface area contributed by atoms with Gasteiger partial charge >= 0.3 is 14.8 Å². The van der Waals surface area contributed by atoms with Crippen LogP contribution in [0.2, 0.25) is 0 Å². The lowest BCUT2D eigenvalue weighted by Crippen LogP contribution is -2.41. The van der Waals surface area contributed by atoms with Gasteiger partial charge in [-0.1, -0.05) is 0 Å². The van der Waals surface area contributed by atoms with Crippen molar-refractivity contribution in [1.29, 1.82) is 0 Å². The van der Waals surface area contributed by atoms with Crippen LogP contribution in [0.15, 0.2) is 11.8 Å². The molecule has 70 valence electrons. The van der Waals surface area contributed by atoms with Gasteiger partial charge in [-0.2, -0.15) is 0 Å². The molecule has 0 bridgehead atoms. The van der Waals surface area contributed by atoms with E-state index in [1.165, 1.54) is 27.0 Å². The molecule has 6 heteroatoms. The van der Waals surface area contributed by atoms with Crippen LogP contribution in [-0.2, 0) is 18.1 Å². The van der Waals surface area contributed by atoms with Gasteiger partial charge < -0.3 is 18.4 Å². The average molecular weight is 192 g/mol. The molecular formula is C6H12O5Si. The normalized spacial score (nSPS) is 12.2. The second-order valence-corrected chi connectivity index (χ2v) is 4.65. The summed E-state index contributed by atoms with van der Waals surface area (Å²) in [7, 11) is 1.38. The fourth-order valence-corrected chi connectivity index (χ4v) is 1.88. The Morgan fingerprint density at radius 3 is 1.92 bits per heavy atom. The van der Waals surface area contributed by atoms with Crippen molar-refractivity contribution in [2.45, 2.75) is 0 Å². The summed E-state index contributed by atoms with van der Waals surface area (Å²) in [6, 6.07) is 0. The largest absolute Gasteiger partial charge is 0.529 e. The van der Waals surface area contributed by atoms with Gasteiger partial charge in [0.25, 0.3) is 0 Å². The Morgan fingerprint density at radius 2 is 1.67 bits per heavy atom. The standard InChI is InChI=1S/C6H12O5Si/c1-9-12(10-2,11-3)5-4-6(7)8/h4-5H,1-3H3,(H,7,8). The number of hydrogen-bond acceptors (Lipinski definition) is 4. The van der Waals surface area contributed by atoms with Crippen LogP contribution in [-0.4, -0.2) is 41.2 Å². The second-order valence-electron chi connectivity index (χ2n) is 1.89. The molecule has 5 nitrogen and oxygen atoms in total. The topological polar surface area (TPSA) is 65.0 Å². The first-order valence-corrected chi connectivity index (χ1v) is 4.98. The molecule has 0 fully saturated rings. The van der Waals surface area contributed by atoms with Crippen molar-refractivity contribution >= 4 is 14.8 Å². The summed E-state index contributed by atoms with van der Waals surface area (Å²) >= 11 is 0. The lowest BCUT2D eigenvalue weighted by atomic mass is 10.7. The van der Waals surface area contributed by atoms with E-state index >= 15 is 0 Å². The second kappa shape index (κ2) is 5.04. The number of carboxylic acids is 1. The van der Waals surface area contributed by atoms with Crippen molar-refractivity contribution in [3.8, 4) is 0 Å². The summed E-state index contributed by atoms with van der Waals surface area (Å²) in [6.07, 6.45) is 0.947. The average Bonchev–Trinajstić information content (AvgIpc) is 2.08. The van der Waals surface area contributed by atoms with Crippen molar-refractivity contribution in [3.05, 3.63) is 11.8 Å². The number of carboxylic acid groups (broad SMARTS) is 1. The third kappa shape index (κ3) is 3.14. The minimum atomic E-state index is -2.84. The molecule has 0 saturated carbocycles. The number of rotatable bonds is 5. The van der Waals surface area contributed by atoms with Crippen LogP contribution in [0.3, 0.4) is 0 Å². The minimum absolute atomic E-state index is 0.947. The Hall–Kier alpha value is -0.693. The molecule has 0 amide bonds. The van der Waals surface area contributed by atoms with Gasteiger partial charge in [-0.3, -0.25) is 0 Å². The predicted octanol–water partition coefficient (Wildman–Crippen LogP) is 0.0445. The molecule has 12 heavy (non-hydrogen) atoms. The Kier molecular flexibility index (Phi) is 4.75. The van der Waals surface area contributed by atoms with Crippen LogP contribution < -0.4 is 0 Å². The maximum atomic E-state index is 10.2. The predicted molar refractivity (Wildman–Crippen MR) is 43.6 cm³/mol. The maximum Gasteiger partial charge on any atom is 0.529 e. The molecule has 0 aromatic heterocycles. The van der Waals surface area contributed by atoms with E-state index in [-0.39, 0.29) is 0 Å². The highest BCUT2D eigenvalue weighted by molar-refractivity contribution is 6.66. The molecule has 1 N–H and O–H groups in total. The molecule has 0 atom stereocenters. The third-order valence-electron chi connectivity index (χ3n) is 1.28. The maximum absolute atomic E-state index is 10.2. The van der Waals surface area contributed by atoms with E-state index < -0.39 is 14.8 Å². The monoisotopic (exact) mass is 192 g/mol. The molecule has 0 aliphatic carbocycles. The van der Waals surface area contributed by atoms with Crippen LogP contribution in [0.4, 0.5) is 0 Å². The first kappa shape index (κ1) is 11.3. The number of carbonyl (C=O) groups is 1. The van der Waals surface area contributed by atoms with Crippen molar-refractivity contribution in [3.63, 3.8) is 0 Å². The zero-order valence-corrected chi connectivity index (χ0v) is 8.23. The SMILES string of the molecule is CO[Si](C=CC(=O)O)(OC)OC. The van der Waals surface area contributed by atoms with Crippen LogP contribution in [0.25, 0.3) is 0 Å². The quantitative estimate of drug-likeness (QED) is 0.492. The van der Waals surface area contributed by atoms with Crippen molar-refractivity contribution in [1.82, 2.24) is 0 Å². The summed E-state index contributed by atoms with van der Waals surface area (Å²) in [6.45, 7) is 0. The molecule has 0 aromatic rings. The zero-order chi connectivity index (χ0) is 9.61. The lowest BCUT2D eigenvalue weighted by Gasteiger charge is -2.19.